The van der Waals surface area contributed by atoms with Gasteiger partial charge in [0, 0.05) is 40.6 Å². The zero-order valence-corrected chi connectivity index (χ0v) is 15.9. The molecule has 0 radical (unpaired) electrons. The molecule has 1 saturated carbocycles. The first kappa shape index (κ1) is 16.0. The van der Waals surface area contributed by atoms with Crippen molar-refractivity contribution in [1.82, 2.24) is 15.1 Å². The Balaban J connectivity index is 2.08. The van der Waals surface area contributed by atoms with E-state index in [4.69, 9.17) is 12.2 Å². The maximum atomic E-state index is 12.7. The number of likely N-dealkylation sites (N-methyl/N-ethyl adjacent to an activating group) is 1. The molecule has 2 aliphatic rings. The summed E-state index contributed by atoms with van der Waals surface area (Å²) in [7, 11) is 3.58. The van der Waals surface area contributed by atoms with E-state index in [2.05, 4.69) is 26.1 Å². The first-order valence-electron chi connectivity index (χ1n) is 7.16. The number of nitrogens with zero attached hydrogens (tertiary/aromatic N) is 2. The maximum Gasteiger partial charge on any atom is 0.253 e. The van der Waals surface area contributed by atoms with Gasteiger partial charge in [-0.1, -0.05) is 0 Å². The predicted octanol–water partition coefficient (Wildman–Crippen LogP) is 3.27. The average molecular weight is 400 g/mol. The van der Waals surface area contributed by atoms with Crippen molar-refractivity contribution in [3.05, 3.63) is 32.1 Å². The summed E-state index contributed by atoms with van der Waals surface area (Å²) < 4.78 is 1.03. The second-order valence-corrected chi connectivity index (χ2v) is 8.09. The van der Waals surface area contributed by atoms with Gasteiger partial charge in [-0.3, -0.25) is 4.79 Å². The molecule has 0 bridgehead atoms. The smallest absolute Gasteiger partial charge is 0.253 e. The minimum absolute atomic E-state index is 0.0349. The Hall–Kier alpha value is -0.920. The van der Waals surface area contributed by atoms with Crippen molar-refractivity contribution in [1.29, 1.82) is 0 Å². The van der Waals surface area contributed by atoms with Crippen LogP contribution >= 0.6 is 39.5 Å². The topological polar surface area (TPSA) is 35.6 Å². The molecule has 1 N–H and O–H groups in total. The van der Waals surface area contributed by atoms with Crippen molar-refractivity contribution in [3.8, 4) is 0 Å². The Morgan fingerprint density at radius 2 is 2.18 bits per heavy atom. The molecule has 0 aromatic carbocycles. The number of nitrogens with one attached hydrogen (secondary N) is 1. The summed E-state index contributed by atoms with van der Waals surface area (Å²) in [5.41, 5.74) is 1.78. The van der Waals surface area contributed by atoms with Gasteiger partial charge in [-0.25, -0.2) is 0 Å². The number of carbonyl (C=O) groups excluding carboxylic acids is 1. The molecule has 1 aromatic heterocycles. The fraction of sp³-hybridized carbons (Fsp3) is 0.467. The fourth-order valence-electron chi connectivity index (χ4n) is 2.74. The molecule has 1 aromatic rings. The molecule has 2 heterocycles. The maximum absolute atomic E-state index is 12.7. The Labute approximate surface area is 148 Å². The number of thiophene rings is 1. The van der Waals surface area contributed by atoms with Crippen LogP contribution in [-0.2, 0) is 4.79 Å². The van der Waals surface area contributed by atoms with Crippen LogP contribution in [0.25, 0.3) is 0 Å². The Morgan fingerprint density at radius 3 is 2.68 bits per heavy atom. The Bertz CT molecular complexity index is 663. The fourth-order valence-corrected chi connectivity index (χ4v) is 4.65. The Morgan fingerprint density at radius 1 is 1.50 bits per heavy atom. The van der Waals surface area contributed by atoms with E-state index in [1.807, 2.05) is 18.4 Å². The molecule has 3 rings (SSSR count). The van der Waals surface area contributed by atoms with Gasteiger partial charge < -0.3 is 15.1 Å². The van der Waals surface area contributed by atoms with E-state index in [0.29, 0.717) is 6.04 Å². The van der Waals surface area contributed by atoms with E-state index in [0.717, 1.165) is 38.6 Å². The highest BCUT2D eigenvalue weighted by atomic mass is 79.9. The van der Waals surface area contributed by atoms with E-state index in [9.17, 15) is 4.79 Å². The first-order valence-corrected chi connectivity index (χ1v) is 9.24. The van der Waals surface area contributed by atoms with Gasteiger partial charge in [0.05, 0.1) is 11.6 Å². The average Bonchev–Trinajstić information content (AvgIpc) is 3.18. The predicted molar refractivity (Wildman–Crippen MR) is 96.7 cm³/mol. The number of hydrogen-bond donors (Lipinski definition) is 1. The Kier molecular flexibility index (Phi) is 4.31. The quantitative estimate of drug-likeness (QED) is 0.791. The van der Waals surface area contributed by atoms with Crippen molar-refractivity contribution >= 4 is 50.5 Å². The van der Waals surface area contributed by atoms with Crippen LogP contribution < -0.4 is 5.32 Å². The van der Waals surface area contributed by atoms with Crippen LogP contribution in [0.1, 0.15) is 30.7 Å². The third-order valence-electron chi connectivity index (χ3n) is 3.95. The summed E-state index contributed by atoms with van der Waals surface area (Å²) in [6.45, 7) is 2.01. The number of rotatable bonds is 3. The van der Waals surface area contributed by atoms with Crippen molar-refractivity contribution < 1.29 is 4.79 Å². The number of carbonyl (C=O) groups is 1. The van der Waals surface area contributed by atoms with Crippen molar-refractivity contribution in [2.75, 3.05) is 14.1 Å². The van der Waals surface area contributed by atoms with E-state index in [1.165, 1.54) is 0 Å². The molecule has 118 valence electrons. The largest absolute Gasteiger partial charge is 0.350 e. The second kappa shape index (κ2) is 5.94. The van der Waals surface area contributed by atoms with Gasteiger partial charge in [-0.2, -0.15) is 0 Å². The molecule has 0 spiro atoms. The van der Waals surface area contributed by atoms with Crippen LogP contribution in [0.2, 0.25) is 0 Å². The summed E-state index contributed by atoms with van der Waals surface area (Å²) in [6.07, 6.45) is 2.27. The number of amides is 1. The van der Waals surface area contributed by atoms with Crippen LogP contribution in [0.4, 0.5) is 0 Å². The third kappa shape index (κ3) is 2.81. The minimum atomic E-state index is -0.172. The van der Waals surface area contributed by atoms with Crippen molar-refractivity contribution in [2.45, 2.75) is 31.8 Å². The molecule has 1 atom stereocenters. The summed E-state index contributed by atoms with van der Waals surface area (Å²) in [5.74, 6) is 0.0349. The monoisotopic (exact) mass is 399 g/mol. The molecular weight excluding hydrogens is 382 g/mol. The molecule has 4 nitrogen and oxygen atoms in total. The van der Waals surface area contributed by atoms with Gasteiger partial charge in [0.1, 0.15) is 0 Å². The summed E-state index contributed by atoms with van der Waals surface area (Å²) in [4.78, 5) is 17.6. The van der Waals surface area contributed by atoms with Crippen LogP contribution in [-0.4, -0.2) is 41.0 Å². The minimum Gasteiger partial charge on any atom is -0.350 e. The molecule has 1 aliphatic heterocycles. The van der Waals surface area contributed by atoms with Gasteiger partial charge in [-0.15, -0.1) is 11.3 Å². The van der Waals surface area contributed by atoms with Gasteiger partial charge in [0.15, 0.2) is 5.11 Å². The van der Waals surface area contributed by atoms with E-state index in [-0.39, 0.29) is 11.9 Å². The summed E-state index contributed by atoms with van der Waals surface area (Å²) in [5, 5.41) is 6.13. The van der Waals surface area contributed by atoms with Crippen LogP contribution in [0.3, 0.4) is 0 Å². The molecule has 1 unspecified atom stereocenters. The zero-order chi connectivity index (χ0) is 16.0. The van der Waals surface area contributed by atoms with Crippen LogP contribution in [0.15, 0.2) is 27.2 Å². The number of halogens is 1. The van der Waals surface area contributed by atoms with Gasteiger partial charge >= 0.3 is 0 Å². The highest BCUT2D eigenvalue weighted by Gasteiger charge is 2.40. The second-order valence-electron chi connectivity index (χ2n) is 5.85. The zero-order valence-electron chi connectivity index (χ0n) is 12.7. The van der Waals surface area contributed by atoms with Gasteiger partial charge in [-0.05, 0) is 54.0 Å². The first-order chi connectivity index (χ1) is 10.4. The third-order valence-corrected chi connectivity index (χ3v) is 6.02. The van der Waals surface area contributed by atoms with Gasteiger partial charge in [0.25, 0.3) is 5.91 Å². The van der Waals surface area contributed by atoms with Crippen molar-refractivity contribution in [3.63, 3.8) is 0 Å². The lowest BCUT2D eigenvalue weighted by Crippen LogP contribution is -2.49. The lowest BCUT2D eigenvalue weighted by Gasteiger charge is -2.38. The number of allylic oxidation sites excluding steroid dienone is 1. The highest BCUT2D eigenvalue weighted by molar-refractivity contribution is 9.10. The lowest BCUT2D eigenvalue weighted by atomic mass is 9.99. The normalized spacial score (nSPS) is 21.9. The van der Waals surface area contributed by atoms with E-state index >= 15 is 0 Å². The molecule has 1 fully saturated rings. The lowest BCUT2D eigenvalue weighted by molar-refractivity contribution is -0.125. The number of hydrogen-bond acceptors (Lipinski definition) is 3. The van der Waals surface area contributed by atoms with E-state index in [1.54, 1.807) is 30.3 Å². The van der Waals surface area contributed by atoms with Crippen LogP contribution in [0, 0.1) is 0 Å². The van der Waals surface area contributed by atoms with Crippen molar-refractivity contribution in [2.24, 2.45) is 0 Å². The highest BCUT2D eigenvalue weighted by Crippen LogP contribution is 2.39. The summed E-state index contributed by atoms with van der Waals surface area (Å²) in [6, 6.07) is 2.32. The molecule has 22 heavy (non-hydrogen) atoms. The standard InChI is InChI=1S/C15H18BrN3OS2/c1-8-12(14(20)18(2)3)13(11-6-9(16)7-22-11)17-15(21)19(8)10-4-5-10/h6-7,10,13H,4-5H2,1-3H3,(H,17,21). The van der Waals surface area contributed by atoms with Crippen LogP contribution in [0.5, 0.6) is 0 Å². The van der Waals surface area contributed by atoms with Gasteiger partial charge in [0.2, 0.25) is 0 Å². The summed E-state index contributed by atoms with van der Waals surface area (Å²) >= 11 is 10.7. The number of thiocarbonyl (C=S) groups is 1. The molecule has 7 heteroatoms. The van der Waals surface area contributed by atoms with E-state index < -0.39 is 0 Å². The molecule has 1 amide bonds. The SMILES string of the molecule is CC1=C(C(=O)N(C)C)C(c2cc(Br)cs2)NC(=S)N1C1CC1. The molecule has 0 saturated heterocycles. The molecule has 1 aliphatic carbocycles. The molecular formula is C15H18BrN3OS2.